The standard InChI is InChI=1S/C21H22ClN3O4/c1-13-3-6-15(22)11-18(13)23-19(26)10-9-17-20(27)25(21(28)24-17)12-14-4-7-16(29-2)8-5-14/h3-8,11,17H,9-10,12H2,1-2H3,(H,23,26)(H,24,28)/t17-/m0/s1. The van der Waals surface area contributed by atoms with Crippen molar-refractivity contribution < 1.29 is 19.1 Å². The number of urea groups is 1. The number of imide groups is 1. The second kappa shape index (κ2) is 8.96. The molecule has 0 aliphatic carbocycles. The van der Waals surface area contributed by atoms with E-state index in [2.05, 4.69) is 10.6 Å². The third kappa shape index (κ3) is 5.06. The minimum atomic E-state index is -0.716. The number of nitrogens with one attached hydrogen (secondary N) is 2. The SMILES string of the molecule is COc1ccc(CN2C(=O)N[C@@H](CCC(=O)Nc3cc(Cl)ccc3C)C2=O)cc1. The first-order valence-electron chi connectivity index (χ1n) is 9.18. The Morgan fingerprint density at radius 3 is 2.62 bits per heavy atom. The minimum absolute atomic E-state index is 0.0962. The Hall–Kier alpha value is -3.06. The van der Waals surface area contributed by atoms with Crippen LogP contribution in [0.25, 0.3) is 0 Å². The van der Waals surface area contributed by atoms with Gasteiger partial charge in [-0.25, -0.2) is 4.79 Å². The Balaban J connectivity index is 1.55. The Bertz CT molecular complexity index is 930. The fourth-order valence-corrected chi connectivity index (χ4v) is 3.22. The van der Waals surface area contributed by atoms with Crippen LogP contribution >= 0.6 is 11.6 Å². The summed E-state index contributed by atoms with van der Waals surface area (Å²) in [4.78, 5) is 38.2. The van der Waals surface area contributed by atoms with Crippen LogP contribution in [-0.4, -0.2) is 35.9 Å². The maximum atomic E-state index is 12.6. The van der Waals surface area contributed by atoms with Crippen molar-refractivity contribution in [2.45, 2.75) is 32.4 Å². The molecule has 2 aromatic rings. The van der Waals surface area contributed by atoms with E-state index in [0.29, 0.717) is 16.5 Å². The highest BCUT2D eigenvalue weighted by Gasteiger charge is 2.37. The van der Waals surface area contributed by atoms with Crippen molar-refractivity contribution in [1.29, 1.82) is 0 Å². The fourth-order valence-electron chi connectivity index (χ4n) is 3.05. The summed E-state index contributed by atoms with van der Waals surface area (Å²) in [6.07, 6.45) is 0.314. The van der Waals surface area contributed by atoms with Crippen LogP contribution in [0.5, 0.6) is 5.75 Å². The van der Waals surface area contributed by atoms with Gasteiger partial charge in [0.2, 0.25) is 5.91 Å². The zero-order chi connectivity index (χ0) is 21.0. The quantitative estimate of drug-likeness (QED) is 0.677. The number of carbonyl (C=O) groups excluding carboxylic acids is 3. The molecular formula is C21H22ClN3O4. The smallest absolute Gasteiger partial charge is 0.325 e. The van der Waals surface area contributed by atoms with Gasteiger partial charge in [0, 0.05) is 17.1 Å². The summed E-state index contributed by atoms with van der Waals surface area (Å²) in [5.74, 6) is 0.119. The zero-order valence-corrected chi connectivity index (χ0v) is 17.0. The van der Waals surface area contributed by atoms with Gasteiger partial charge in [-0.05, 0) is 48.7 Å². The number of ether oxygens (including phenoxy) is 1. The van der Waals surface area contributed by atoms with Gasteiger partial charge in [0.25, 0.3) is 5.91 Å². The molecular weight excluding hydrogens is 394 g/mol. The van der Waals surface area contributed by atoms with E-state index in [9.17, 15) is 14.4 Å². The molecule has 1 saturated heterocycles. The minimum Gasteiger partial charge on any atom is -0.497 e. The van der Waals surface area contributed by atoms with E-state index in [0.717, 1.165) is 16.0 Å². The first-order chi connectivity index (χ1) is 13.9. The highest BCUT2D eigenvalue weighted by atomic mass is 35.5. The van der Waals surface area contributed by atoms with Crippen molar-refractivity contribution in [3.8, 4) is 5.75 Å². The lowest BCUT2D eigenvalue weighted by atomic mass is 10.1. The first kappa shape index (κ1) is 20.7. The topological polar surface area (TPSA) is 87.7 Å². The van der Waals surface area contributed by atoms with Crippen LogP contribution < -0.4 is 15.4 Å². The van der Waals surface area contributed by atoms with Crippen LogP contribution in [-0.2, 0) is 16.1 Å². The molecule has 0 radical (unpaired) electrons. The molecule has 1 aliphatic rings. The van der Waals surface area contributed by atoms with Crippen molar-refractivity contribution in [2.75, 3.05) is 12.4 Å². The maximum absolute atomic E-state index is 12.6. The van der Waals surface area contributed by atoms with Gasteiger partial charge in [-0.3, -0.25) is 14.5 Å². The zero-order valence-electron chi connectivity index (χ0n) is 16.2. The van der Waals surface area contributed by atoms with E-state index in [1.165, 1.54) is 0 Å². The Morgan fingerprint density at radius 2 is 1.93 bits per heavy atom. The van der Waals surface area contributed by atoms with Crippen LogP contribution in [0.4, 0.5) is 10.5 Å². The van der Waals surface area contributed by atoms with Crippen LogP contribution in [0, 0.1) is 6.92 Å². The van der Waals surface area contributed by atoms with Crippen LogP contribution in [0.15, 0.2) is 42.5 Å². The lowest BCUT2D eigenvalue weighted by Crippen LogP contribution is -2.31. The van der Waals surface area contributed by atoms with Crippen LogP contribution in [0.3, 0.4) is 0 Å². The second-order valence-electron chi connectivity index (χ2n) is 6.82. The molecule has 7 nitrogen and oxygen atoms in total. The van der Waals surface area contributed by atoms with E-state index in [1.807, 2.05) is 13.0 Å². The van der Waals surface area contributed by atoms with Gasteiger partial charge in [0.05, 0.1) is 13.7 Å². The molecule has 1 heterocycles. The van der Waals surface area contributed by atoms with Crippen molar-refractivity contribution in [3.63, 3.8) is 0 Å². The van der Waals surface area contributed by atoms with Gasteiger partial charge in [-0.15, -0.1) is 0 Å². The average Bonchev–Trinajstić information content (AvgIpc) is 2.97. The Morgan fingerprint density at radius 1 is 1.21 bits per heavy atom. The molecule has 2 aromatic carbocycles. The lowest BCUT2D eigenvalue weighted by Gasteiger charge is -2.13. The molecule has 29 heavy (non-hydrogen) atoms. The summed E-state index contributed by atoms with van der Waals surface area (Å²) in [7, 11) is 1.57. The number of anilines is 1. The largest absolute Gasteiger partial charge is 0.497 e. The van der Waals surface area contributed by atoms with Gasteiger partial charge >= 0.3 is 6.03 Å². The van der Waals surface area contributed by atoms with Crippen molar-refractivity contribution >= 4 is 35.1 Å². The normalized spacial score (nSPS) is 16.0. The fraction of sp³-hybridized carbons (Fsp3) is 0.286. The first-order valence-corrected chi connectivity index (χ1v) is 9.56. The molecule has 2 N–H and O–H groups in total. The van der Waals surface area contributed by atoms with E-state index >= 15 is 0 Å². The number of rotatable bonds is 7. The monoisotopic (exact) mass is 415 g/mol. The molecule has 0 unspecified atom stereocenters. The number of nitrogens with zero attached hydrogens (tertiary/aromatic N) is 1. The van der Waals surface area contributed by atoms with E-state index < -0.39 is 12.1 Å². The number of aryl methyl sites for hydroxylation is 1. The van der Waals surface area contributed by atoms with Gasteiger partial charge in [-0.1, -0.05) is 29.8 Å². The molecule has 152 valence electrons. The molecule has 0 aromatic heterocycles. The summed E-state index contributed by atoms with van der Waals surface area (Å²) in [6, 6.07) is 11.2. The van der Waals surface area contributed by atoms with Crippen molar-refractivity contribution in [2.24, 2.45) is 0 Å². The number of amides is 4. The Kier molecular flexibility index (Phi) is 6.39. The van der Waals surface area contributed by atoms with E-state index in [4.69, 9.17) is 16.3 Å². The van der Waals surface area contributed by atoms with Gasteiger partial charge in [0.1, 0.15) is 11.8 Å². The van der Waals surface area contributed by atoms with Crippen LogP contribution in [0.1, 0.15) is 24.0 Å². The average molecular weight is 416 g/mol. The molecule has 3 rings (SSSR count). The van der Waals surface area contributed by atoms with E-state index in [1.54, 1.807) is 43.5 Å². The third-order valence-corrected chi connectivity index (χ3v) is 4.98. The molecule has 0 saturated carbocycles. The third-order valence-electron chi connectivity index (χ3n) is 4.74. The summed E-state index contributed by atoms with van der Waals surface area (Å²) >= 11 is 5.96. The molecule has 4 amide bonds. The summed E-state index contributed by atoms with van der Waals surface area (Å²) in [6.45, 7) is 2.03. The molecule has 1 aliphatic heterocycles. The highest BCUT2D eigenvalue weighted by molar-refractivity contribution is 6.31. The number of hydrogen-bond donors (Lipinski definition) is 2. The number of hydrogen-bond acceptors (Lipinski definition) is 4. The number of carbonyl (C=O) groups is 3. The lowest BCUT2D eigenvalue weighted by molar-refractivity contribution is -0.128. The number of halogens is 1. The Labute approximate surface area is 174 Å². The molecule has 0 spiro atoms. The van der Waals surface area contributed by atoms with E-state index in [-0.39, 0.29) is 31.2 Å². The second-order valence-corrected chi connectivity index (χ2v) is 7.26. The molecule has 1 atom stereocenters. The molecule has 0 bridgehead atoms. The number of methoxy groups -OCH3 is 1. The van der Waals surface area contributed by atoms with Gasteiger partial charge in [-0.2, -0.15) is 0 Å². The van der Waals surface area contributed by atoms with Crippen molar-refractivity contribution in [3.05, 3.63) is 58.6 Å². The van der Waals surface area contributed by atoms with Crippen molar-refractivity contribution in [1.82, 2.24) is 10.2 Å². The highest BCUT2D eigenvalue weighted by Crippen LogP contribution is 2.21. The summed E-state index contributed by atoms with van der Waals surface area (Å²) < 4.78 is 5.10. The maximum Gasteiger partial charge on any atom is 0.325 e. The van der Waals surface area contributed by atoms with Gasteiger partial charge < -0.3 is 15.4 Å². The molecule has 1 fully saturated rings. The number of benzene rings is 2. The predicted octanol–water partition coefficient (Wildman–Crippen LogP) is 3.50. The van der Waals surface area contributed by atoms with Gasteiger partial charge in [0.15, 0.2) is 0 Å². The summed E-state index contributed by atoms with van der Waals surface area (Å²) in [5, 5.41) is 5.96. The molecule has 8 heteroatoms. The summed E-state index contributed by atoms with van der Waals surface area (Å²) in [5.41, 5.74) is 2.33. The van der Waals surface area contributed by atoms with Crippen LogP contribution in [0.2, 0.25) is 5.02 Å². The predicted molar refractivity (Wildman–Crippen MR) is 110 cm³/mol.